The highest BCUT2D eigenvalue weighted by Crippen LogP contribution is 2.51. The van der Waals surface area contributed by atoms with Crippen LogP contribution in [-0.2, 0) is 17.7 Å². The van der Waals surface area contributed by atoms with Crippen molar-refractivity contribution >= 4 is 17.1 Å². The summed E-state index contributed by atoms with van der Waals surface area (Å²) in [6.45, 7) is 18.2. The molecule has 4 atom stereocenters. The van der Waals surface area contributed by atoms with Gasteiger partial charge in [-0.2, -0.15) is 0 Å². The number of hydrogen-bond acceptors (Lipinski definition) is 6. The molecule has 0 amide bonds. The lowest BCUT2D eigenvalue weighted by molar-refractivity contribution is -0.0598. The number of hydrogen-bond donors (Lipinski definition) is 1. The highest BCUT2D eigenvalue weighted by atomic mass is 28.5. The monoisotopic (exact) mass is 526 g/mol. The van der Waals surface area contributed by atoms with Crippen LogP contribution >= 0.6 is 0 Å². The van der Waals surface area contributed by atoms with E-state index < -0.39 is 52.5 Å². The Morgan fingerprint density at radius 1 is 1.06 bits per heavy atom. The topological polar surface area (TPSA) is 91.8 Å². The number of halogens is 1. The maximum atomic E-state index is 17.0. The fraction of sp³-hybridized carbons (Fsp3) is 0.750. The predicted octanol–water partition coefficient (Wildman–Crippen LogP) is 4.12. The maximum Gasteiger partial charge on any atom is 0.335 e. The van der Waals surface area contributed by atoms with Gasteiger partial charge in [-0.25, -0.2) is 9.18 Å². The lowest BCUT2D eigenvalue weighted by Gasteiger charge is -2.51. The van der Waals surface area contributed by atoms with Crippen molar-refractivity contribution in [2.45, 2.75) is 109 Å². The SMILES string of the molecule is CC#C[C@@]1(F)[C@@H]2O[Si](C(C)C)(C(C)C)O[Si](C(C)C)(C(C)C)OC[C@H]2O[C@H]1n1ccc(=O)[nH]c1=O. The second-order valence-electron chi connectivity index (χ2n) is 10.7. The predicted molar refractivity (Wildman–Crippen MR) is 136 cm³/mol. The third-order valence-electron chi connectivity index (χ3n) is 7.16. The van der Waals surface area contributed by atoms with Crippen LogP contribution in [0.1, 0.15) is 68.5 Å². The Balaban J connectivity index is 2.23. The summed E-state index contributed by atoms with van der Waals surface area (Å²) < 4.78 is 44.9. The van der Waals surface area contributed by atoms with Crippen molar-refractivity contribution in [2.75, 3.05) is 6.61 Å². The summed E-state index contributed by atoms with van der Waals surface area (Å²) in [5, 5.41) is 0. The molecule has 2 fully saturated rings. The molecule has 1 N–H and O–H groups in total. The lowest BCUT2D eigenvalue weighted by Crippen LogP contribution is -2.66. The van der Waals surface area contributed by atoms with Gasteiger partial charge < -0.3 is 17.7 Å². The molecule has 11 heteroatoms. The molecule has 0 aliphatic carbocycles. The van der Waals surface area contributed by atoms with Crippen LogP contribution in [0.4, 0.5) is 4.39 Å². The zero-order valence-electron chi connectivity index (χ0n) is 22.2. The van der Waals surface area contributed by atoms with Gasteiger partial charge in [0.15, 0.2) is 6.23 Å². The van der Waals surface area contributed by atoms with Crippen molar-refractivity contribution in [3.8, 4) is 11.8 Å². The van der Waals surface area contributed by atoms with Crippen molar-refractivity contribution in [2.24, 2.45) is 0 Å². The van der Waals surface area contributed by atoms with E-state index in [4.69, 9.17) is 17.7 Å². The molecule has 0 bridgehead atoms. The van der Waals surface area contributed by atoms with Crippen molar-refractivity contribution in [3.05, 3.63) is 33.1 Å². The van der Waals surface area contributed by atoms with E-state index in [1.54, 1.807) is 0 Å². The first-order valence-corrected chi connectivity index (χ1v) is 16.3. The molecule has 0 aromatic carbocycles. The number of alkyl halides is 1. The van der Waals surface area contributed by atoms with Crippen LogP contribution in [0.15, 0.2) is 21.9 Å². The van der Waals surface area contributed by atoms with E-state index in [-0.39, 0.29) is 28.8 Å². The Morgan fingerprint density at radius 3 is 2.11 bits per heavy atom. The van der Waals surface area contributed by atoms with E-state index in [1.165, 1.54) is 13.1 Å². The number of nitrogens with zero attached hydrogens (tertiary/aromatic N) is 1. The van der Waals surface area contributed by atoms with Gasteiger partial charge in [0.05, 0.1) is 6.61 Å². The number of aromatic amines is 1. The van der Waals surface area contributed by atoms with E-state index in [2.05, 4.69) is 44.5 Å². The molecule has 8 nitrogen and oxygen atoms in total. The first-order chi connectivity index (χ1) is 16.2. The van der Waals surface area contributed by atoms with Gasteiger partial charge in [-0.3, -0.25) is 14.3 Å². The first kappa shape index (κ1) is 28.0. The molecular formula is C24H39FN2O6Si2. The summed E-state index contributed by atoms with van der Waals surface area (Å²) in [5.41, 5.74) is -3.50. The number of rotatable bonds is 5. The minimum absolute atomic E-state index is 0.0112. The van der Waals surface area contributed by atoms with Crippen LogP contribution in [0, 0.1) is 11.8 Å². The number of nitrogens with one attached hydrogen (secondary N) is 1. The summed E-state index contributed by atoms with van der Waals surface area (Å²) in [6, 6.07) is 1.15. The molecule has 2 aliphatic heterocycles. The molecule has 3 heterocycles. The Kier molecular flexibility index (Phi) is 8.06. The van der Waals surface area contributed by atoms with Crippen LogP contribution < -0.4 is 11.2 Å². The largest absolute Gasteiger partial charge is 0.414 e. The molecule has 2 aliphatic rings. The Morgan fingerprint density at radius 2 is 1.63 bits per heavy atom. The third kappa shape index (κ3) is 4.65. The average molecular weight is 527 g/mol. The van der Waals surface area contributed by atoms with Crippen LogP contribution in [0.3, 0.4) is 0 Å². The van der Waals surface area contributed by atoms with Gasteiger partial charge in [-0.15, -0.1) is 5.92 Å². The van der Waals surface area contributed by atoms with E-state index in [1.807, 2.05) is 27.7 Å². The molecule has 196 valence electrons. The van der Waals surface area contributed by atoms with Gasteiger partial charge in [0.1, 0.15) is 12.2 Å². The molecule has 35 heavy (non-hydrogen) atoms. The third-order valence-corrected chi connectivity index (χ3v) is 17.4. The molecule has 0 radical (unpaired) electrons. The smallest absolute Gasteiger partial charge is 0.335 e. The first-order valence-electron chi connectivity index (χ1n) is 12.4. The molecule has 0 saturated carbocycles. The minimum Gasteiger partial charge on any atom is -0.414 e. The number of fused-ring (bicyclic) bond motifs is 1. The van der Waals surface area contributed by atoms with Gasteiger partial charge in [-0.1, -0.05) is 61.3 Å². The number of ether oxygens (including phenoxy) is 1. The Bertz CT molecular complexity index is 1080. The molecule has 1 aromatic rings. The summed E-state index contributed by atoms with van der Waals surface area (Å²) in [5.74, 6) is 5.30. The fourth-order valence-corrected chi connectivity index (χ4v) is 16.6. The molecule has 0 spiro atoms. The van der Waals surface area contributed by atoms with Gasteiger partial charge in [0, 0.05) is 12.3 Å². The van der Waals surface area contributed by atoms with Crippen molar-refractivity contribution in [1.82, 2.24) is 9.55 Å². The fourth-order valence-electron chi connectivity index (χ4n) is 5.36. The van der Waals surface area contributed by atoms with Crippen molar-refractivity contribution < 1.29 is 22.1 Å². The quantitative estimate of drug-likeness (QED) is 0.458. The van der Waals surface area contributed by atoms with Gasteiger partial charge >= 0.3 is 22.8 Å². The van der Waals surface area contributed by atoms with Gasteiger partial charge in [-0.05, 0) is 29.1 Å². The van der Waals surface area contributed by atoms with Crippen LogP contribution in [0.25, 0.3) is 0 Å². The Labute approximate surface area is 209 Å². The highest BCUT2D eigenvalue weighted by molar-refractivity contribution is 6.84. The van der Waals surface area contributed by atoms with Crippen molar-refractivity contribution in [1.29, 1.82) is 0 Å². The summed E-state index contributed by atoms with van der Waals surface area (Å²) in [7, 11) is -5.98. The van der Waals surface area contributed by atoms with Crippen LogP contribution in [0.5, 0.6) is 0 Å². The normalized spacial score (nSPS) is 30.2. The molecule has 1 aromatic heterocycles. The van der Waals surface area contributed by atoms with Crippen LogP contribution in [-0.4, -0.2) is 51.2 Å². The maximum absolute atomic E-state index is 17.0. The van der Waals surface area contributed by atoms with Crippen LogP contribution in [0.2, 0.25) is 22.2 Å². The summed E-state index contributed by atoms with van der Waals surface area (Å²) in [4.78, 5) is 26.4. The van der Waals surface area contributed by atoms with E-state index in [0.717, 1.165) is 10.6 Å². The number of H-pyrrole nitrogens is 1. The second-order valence-corrected chi connectivity index (χ2v) is 19.5. The summed E-state index contributed by atoms with van der Waals surface area (Å²) >= 11 is 0. The standard InChI is InChI=1S/C24H39FN2O6Si2/c1-10-12-24(25)21-19(31-22(24)27-13-11-20(28)26-23(27)29)14-30-34(15(2)3,16(4)5)33-35(32-21,17(6)7)18(8)9/h11,13,15-19,21-22H,14H2,1-9H3,(H,26,28,29)/t19-,21-,22-,24-/m1/s1. The molecule has 0 unspecified atom stereocenters. The number of aromatic nitrogens is 2. The van der Waals surface area contributed by atoms with E-state index in [0.29, 0.717) is 0 Å². The zero-order chi connectivity index (χ0) is 26.3. The van der Waals surface area contributed by atoms with Gasteiger partial charge in [0.2, 0.25) is 5.67 Å². The minimum atomic E-state index is -3.13. The zero-order valence-corrected chi connectivity index (χ0v) is 24.2. The Hall–Kier alpha value is -1.56. The van der Waals surface area contributed by atoms with E-state index >= 15 is 4.39 Å². The highest BCUT2D eigenvalue weighted by Gasteiger charge is 2.66. The molecule has 3 rings (SSSR count). The summed E-state index contributed by atoms with van der Waals surface area (Å²) in [6.07, 6.45) is -2.15. The molecule has 2 saturated heterocycles. The van der Waals surface area contributed by atoms with Crippen molar-refractivity contribution in [3.63, 3.8) is 0 Å². The average Bonchev–Trinajstić information content (AvgIpc) is 2.98. The lowest BCUT2D eigenvalue weighted by atomic mass is 9.96. The molecular weight excluding hydrogens is 487 g/mol. The second kappa shape index (κ2) is 10.1. The van der Waals surface area contributed by atoms with Gasteiger partial charge in [0.25, 0.3) is 5.56 Å². The van der Waals surface area contributed by atoms with E-state index in [9.17, 15) is 9.59 Å².